The van der Waals surface area contributed by atoms with Crippen molar-refractivity contribution in [3.63, 3.8) is 0 Å². The van der Waals surface area contributed by atoms with Crippen LogP contribution in [0.2, 0.25) is 0 Å². The lowest BCUT2D eigenvalue weighted by molar-refractivity contribution is 0.0987. The molecule has 1 aliphatic rings. The molecule has 3 aromatic rings. The van der Waals surface area contributed by atoms with Crippen molar-refractivity contribution in [1.82, 2.24) is 10.2 Å². The summed E-state index contributed by atoms with van der Waals surface area (Å²) >= 11 is 2.32. The lowest BCUT2D eigenvalue weighted by Gasteiger charge is -2.19. The number of hydrogen-bond acceptors (Lipinski definition) is 8. The van der Waals surface area contributed by atoms with Gasteiger partial charge < -0.3 is 10.2 Å². The van der Waals surface area contributed by atoms with Crippen LogP contribution in [0.5, 0.6) is 11.5 Å². The van der Waals surface area contributed by atoms with Gasteiger partial charge in [0.1, 0.15) is 11.5 Å². The predicted octanol–water partition coefficient (Wildman–Crippen LogP) is 4.06. The molecule has 2 aromatic carbocycles. The van der Waals surface area contributed by atoms with Gasteiger partial charge in [0.25, 0.3) is 0 Å². The number of fused-ring (bicyclic) bond motifs is 1. The van der Waals surface area contributed by atoms with E-state index in [-0.39, 0.29) is 44.0 Å². The van der Waals surface area contributed by atoms with Gasteiger partial charge in [-0.1, -0.05) is 23.5 Å². The summed E-state index contributed by atoms with van der Waals surface area (Å²) in [4.78, 5) is 28.2. The van der Waals surface area contributed by atoms with Crippen molar-refractivity contribution >= 4 is 35.1 Å². The summed E-state index contributed by atoms with van der Waals surface area (Å²) in [7, 11) is 0. The van der Waals surface area contributed by atoms with Crippen LogP contribution in [0.25, 0.3) is 0 Å². The Bertz CT molecular complexity index is 1020. The maximum absolute atomic E-state index is 13.1. The van der Waals surface area contributed by atoms with Gasteiger partial charge >= 0.3 is 0 Å². The van der Waals surface area contributed by atoms with Gasteiger partial charge in [-0.2, -0.15) is 10.2 Å². The van der Waals surface area contributed by atoms with Crippen LogP contribution in [0.15, 0.2) is 80.5 Å². The highest BCUT2D eigenvalue weighted by Gasteiger charge is 2.34. The van der Waals surface area contributed by atoms with Gasteiger partial charge in [-0.25, -0.2) is 0 Å². The minimum Gasteiger partial charge on any atom is -0.508 e. The first-order chi connectivity index (χ1) is 13.5. The van der Waals surface area contributed by atoms with Gasteiger partial charge in [0.2, 0.25) is 11.6 Å². The molecular weight excluding hydrogens is 396 g/mol. The molecule has 8 heteroatoms. The Balaban J connectivity index is 1.80. The monoisotopic (exact) mass is 408 g/mol. The number of carbonyl (C=O) groups is 2. The van der Waals surface area contributed by atoms with Crippen LogP contribution in [-0.2, 0) is 0 Å². The number of allylic oxidation sites excluding steroid dienone is 2. The van der Waals surface area contributed by atoms with E-state index in [1.165, 1.54) is 36.7 Å². The summed E-state index contributed by atoms with van der Waals surface area (Å²) in [6.07, 6.45) is 2.60. The third-order valence-electron chi connectivity index (χ3n) is 3.95. The topological polar surface area (TPSA) is 100 Å². The van der Waals surface area contributed by atoms with Crippen molar-refractivity contribution in [1.29, 1.82) is 0 Å². The smallest absolute Gasteiger partial charge is 0.203 e. The molecule has 0 spiro atoms. The fourth-order valence-corrected chi connectivity index (χ4v) is 4.63. The normalized spacial score (nSPS) is 13.6. The first-order valence-electron chi connectivity index (χ1n) is 8.11. The predicted molar refractivity (Wildman–Crippen MR) is 106 cm³/mol. The molecule has 0 amide bonds. The molecule has 0 bridgehead atoms. The molecule has 0 radical (unpaired) electrons. The number of aromatic nitrogens is 2. The molecule has 0 fully saturated rings. The molecular formula is C20H12N2O4S2. The van der Waals surface area contributed by atoms with Gasteiger partial charge in [-0.15, -0.1) is 0 Å². The van der Waals surface area contributed by atoms with Crippen molar-refractivity contribution in [2.45, 2.75) is 9.79 Å². The molecule has 1 heterocycles. The Kier molecular flexibility index (Phi) is 4.89. The number of hydrogen-bond donors (Lipinski definition) is 2. The Labute approximate surface area is 168 Å². The van der Waals surface area contributed by atoms with Crippen molar-refractivity contribution in [2.24, 2.45) is 0 Å². The van der Waals surface area contributed by atoms with E-state index in [0.717, 1.165) is 23.5 Å². The van der Waals surface area contributed by atoms with Gasteiger partial charge in [-0.05, 0) is 48.5 Å². The lowest BCUT2D eigenvalue weighted by Crippen LogP contribution is -2.20. The van der Waals surface area contributed by atoms with E-state index in [2.05, 4.69) is 10.2 Å². The summed E-state index contributed by atoms with van der Waals surface area (Å²) in [5.74, 6) is -0.375. The van der Waals surface area contributed by atoms with Crippen LogP contribution < -0.4 is 0 Å². The maximum atomic E-state index is 13.1. The molecule has 0 unspecified atom stereocenters. The van der Waals surface area contributed by atoms with E-state index in [1.54, 1.807) is 24.3 Å². The number of benzene rings is 2. The van der Waals surface area contributed by atoms with Crippen LogP contribution in [-0.4, -0.2) is 32.0 Å². The van der Waals surface area contributed by atoms with Crippen LogP contribution in [0.1, 0.15) is 20.7 Å². The van der Waals surface area contributed by atoms with Gasteiger partial charge in [-0.3, -0.25) is 9.59 Å². The number of nitrogens with zero attached hydrogens (tertiary/aromatic N) is 2. The molecule has 4 rings (SSSR count). The number of phenolic OH excluding ortho intramolecular Hbond substituents is 2. The minimum atomic E-state index is -0.302. The quantitative estimate of drug-likeness (QED) is 0.667. The fourth-order valence-electron chi connectivity index (χ4n) is 2.58. The molecule has 2 N–H and O–H groups in total. The molecule has 6 nitrogen and oxygen atoms in total. The van der Waals surface area contributed by atoms with E-state index in [4.69, 9.17) is 0 Å². The van der Waals surface area contributed by atoms with Crippen molar-refractivity contribution < 1.29 is 19.8 Å². The highest BCUT2D eigenvalue weighted by atomic mass is 32.2. The van der Waals surface area contributed by atoms with E-state index < -0.39 is 0 Å². The van der Waals surface area contributed by atoms with Crippen LogP contribution in [0.3, 0.4) is 0 Å². The van der Waals surface area contributed by atoms with Crippen LogP contribution in [0.4, 0.5) is 0 Å². The first kappa shape index (κ1) is 18.3. The Hall–Kier alpha value is -3.10. The zero-order chi connectivity index (χ0) is 19.7. The summed E-state index contributed by atoms with van der Waals surface area (Å²) in [6.45, 7) is 0. The zero-order valence-electron chi connectivity index (χ0n) is 14.2. The van der Waals surface area contributed by atoms with E-state index >= 15 is 0 Å². The molecule has 0 saturated carbocycles. The lowest BCUT2D eigenvalue weighted by atomic mass is 9.98. The first-order valence-corrected chi connectivity index (χ1v) is 9.74. The van der Waals surface area contributed by atoms with E-state index in [0.29, 0.717) is 9.79 Å². The number of ketones is 2. The molecule has 1 aromatic heterocycles. The van der Waals surface area contributed by atoms with Crippen molar-refractivity contribution in [2.75, 3.05) is 0 Å². The summed E-state index contributed by atoms with van der Waals surface area (Å²) < 4.78 is 0. The molecule has 0 atom stereocenters. The second-order valence-electron chi connectivity index (χ2n) is 5.82. The Morgan fingerprint density at radius 2 is 0.964 bits per heavy atom. The molecule has 0 saturated heterocycles. The largest absolute Gasteiger partial charge is 0.508 e. The van der Waals surface area contributed by atoms with E-state index in [1.807, 2.05) is 0 Å². The number of thioether (sulfide) groups is 2. The molecule has 28 heavy (non-hydrogen) atoms. The van der Waals surface area contributed by atoms with Gasteiger partial charge in [0.05, 0.1) is 33.3 Å². The highest BCUT2D eigenvalue weighted by molar-refractivity contribution is 8.08. The van der Waals surface area contributed by atoms with Gasteiger partial charge in [0, 0.05) is 9.79 Å². The standard InChI is InChI=1S/C20H12N2O4S2/c23-11-1-5-13(6-2-11)27-19-17(25)15-9-21-22-10-16(15)18(26)20(19)28-14-7-3-12(24)4-8-14/h1-10,23-24H. The van der Waals surface area contributed by atoms with Crippen LogP contribution in [0, 0.1) is 0 Å². The average Bonchev–Trinajstić information content (AvgIpc) is 2.71. The van der Waals surface area contributed by atoms with Crippen molar-refractivity contribution in [3.05, 3.63) is 81.9 Å². The molecule has 1 aliphatic carbocycles. The fraction of sp³-hybridized carbons (Fsp3) is 0. The highest BCUT2D eigenvalue weighted by Crippen LogP contribution is 2.43. The number of rotatable bonds is 4. The van der Waals surface area contributed by atoms with Crippen LogP contribution >= 0.6 is 23.5 Å². The number of phenols is 2. The Morgan fingerprint density at radius 3 is 1.32 bits per heavy atom. The number of carbonyl (C=O) groups excluding carboxylic acids is 2. The summed E-state index contributed by atoms with van der Waals surface area (Å²) in [6, 6.07) is 12.8. The number of Topliss-reactive ketones (excluding diaryl/α,β-unsaturated/α-hetero) is 2. The summed E-state index contributed by atoms with van der Waals surface area (Å²) in [5.41, 5.74) is 0.438. The maximum Gasteiger partial charge on any atom is 0.203 e. The third-order valence-corrected chi connectivity index (χ3v) is 6.28. The Morgan fingerprint density at radius 1 is 0.607 bits per heavy atom. The zero-order valence-corrected chi connectivity index (χ0v) is 15.8. The SMILES string of the molecule is O=C1C(Sc2ccc(O)cc2)=C(Sc2ccc(O)cc2)C(=O)c2cnncc21. The molecule has 0 aliphatic heterocycles. The van der Waals surface area contributed by atoms with E-state index in [9.17, 15) is 19.8 Å². The molecule has 138 valence electrons. The second-order valence-corrected chi connectivity index (χ2v) is 7.99. The third kappa shape index (κ3) is 3.51. The average molecular weight is 408 g/mol. The second kappa shape index (κ2) is 7.49. The summed E-state index contributed by atoms with van der Waals surface area (Å²) in [5, 5.41) is 26.4. The van der Waals surface area contributed by atoms with Crippen molar-refractivity contribution in [3.8, 4) is 11.5 Å². The number of aromatic hydroxyl groups is 2. The van der Waals surface area contributed by atoms with Gasteiger partial charge in [0.15, 0.2) is 0 Å². The minimum absolute atomic E-state index is 0.115.